The van der Waals surface area contributed by atoms with E-state index in [0.717, 1.165) is 0 Å². The molecule has 0 spiro atoms. The van der Waals surface area contributed by atoms with E-state index in [1.165, 1.54) is 18.5 Å². The maximum atomic E-state index is 12.1. The zero-order chi connectivity index (χ0) is 14.5. The first-order valence-corrected chi connectivity index (χ1v) is 6.57. The highest BCUT2D eigenvalue weighted by Crippen LogP contribution is 2.20. The Morgan fingerprint density at radius 2 is 2.10 bits per heavy atom. The average molecular weight is 312 g/mol. The molecule has 2 aromatic heterocycles. The Labute approximate surface area is 125 Å². The summed E-state index contributed by atoms with van der Waals surface area (Å²) in [6.45, 7) is 2.40. The van der Waals surface area contributed by atoms with Crippen LogP contribution in [-0.4, -0.2) is 22.5 Å². The van der Waals surface area contributed by atoms with Crippen LogP contribution in [0.5, 0.6) is 5.88 Å². The first-order chi connectivity index (χ1) is 9.60. The number of nitrogens with one attached hydrogen (secondary N) is 1. The number of anilines is 1. The molecule has 0 radical (unpaired) electrons. The number of nitrogens with zero attached hydrogens (tertiary/aromatic N) is 2. The molecule has 0 aromatic carbocycles. The molecule has 0 saturated heterocycles. The van der Waals surface area contributed by atoms with Gasteiger partial charge in [-0.05, 0) is 19.1 Å². The Kier molecular flexibility index (Phi) is 4.76. The van der Waals surface area contributed by atoms with Crippen molar-refractivity contribution in [2.24, 2.45) is 0 Å². The van der Waals surface area contributed by atoms with Gasteiger partial charge in [0.05, 0.1) is 29.1 Å². The Hall–Kier alpha value is -1.85. The quantitative estimate of drug-likeness (QED) is 0.879. The van der Waals surface area contributed by atoms with E-state index in [4.69, 9.17) is 27.9 Å². The highest BCUT2D eigenvalue weighted by Gasteiger charge is 2.12. The van der Waals surface area contributed by atoms with Gasteiger partial charge in [-0.2, -0.15) is 0 Å². The third kappa shape index (κ3) is 3.59. The number of amides is 1. The van der Waals surface area contributed by atoms with Crippen LogP contribution in [0.3, 0.4) is 0 Å². The van der Waals surface area contributed by atoms with E-state index in [9.17, 15) is 4.79 Å². The van der Waals surface area contributed by atoms with E-state index in [1.807, 2.05) is 6.92 Å². The van der Waals surface area contributed by atoms with Crippen LogP contribution >= 0.6 is 23.2 Å². The number of ether oxygens (including phenoxy) is 1. The van der Waals surface area contributed by atoms with Crippen molar-refractivity contribution >= 4 is 34.8 Å². The van der Waals surface area contributed by atoms with Gasteiger partial charge >= 0.3 is 0 Å². The van der Waals surface area contributed by atoms with E-state index in [2.05, 4.69) is 15.3 Å². The lowest BCUT2D eigenvalue weighted by atomic mass is 10.2. The second-order valence-electron chi connectivity index (χ2n) is 3.76. The molecule has 2 rings (SSSR count). The maximum absolute atomic E-state index is 12.1. The minimum atomic E-state index is -0.384. The highest BCUT2D eigenvalue weighted by molar-refractivity contribution is 6.35. The molecule has 0 bridgehead atoms. The van der Waals surface area contributed by atoms with Crippen molar-refractivity contribution in [3.05, 3.63) is 46.3 Å². The zero-order valence-corrected chi connectivity index (χ0v) is 12.1. The summed E-state index contributed by atoms with van der Waals surface area (Å²) >= 11 is 11.6. The predicted octanol–water partition coefficient (Wildman–Crippen LogP) is 3.43. The number of hydrogen-bond donors (Lipinski definition) is 1. The summed E-state index contributed by atoms with van der Waals surface area (Å²) in [4.78, 5) is 19.9. The first kappa shape index (κ1) is 14.6. The summed E-state index contributed by atoms with van der Waals surface area (Å²) in [5, 5.41) is 3.09. The fourth-order valence-corrected chi connectivity index (χ4v) is 1.82. The van der Waals surface area contributed by atoms with Gasteiger partial charge in [0.15, 0.2) is 0 Å². The van der Waals surface area contributed by atoms with Crippen LogP contribution in [0.1, 0.15) is 17.3 Å². The number of carbonyl (C=O) groups excluding carboxylic acids is 1. The second kappa shape index (κ2) is 6.54. The molecule has 0 aliphatic carbocycles. The fraction of sp³-hybridized carbons (Fsp3) is 0.154. The third-order valence-electron chi connectivity index (χ3n) is 2.35. The van der Waals surface area contributed by atoms with Crippen LogP contribution in [0.15, 0.2) is 30.6 Å². The normalized spacial score (nSPS) is 10.2. The minimum Gasteiger partial charge on any atom is -0.478 e. The summed E-state index contributed by atoms with van der Waals surface area (Å²) in [5.41, 5.74) is 0.781. The Bertz CT molecular complexity index is 618. The average Bonchev–Trinajstić information content (AvgIpc) is 2.44. The Balaban J connectivity index is 2.13. The SMILES string of the molecule is CCOc1ccc(NC(=O)c2cc(Cl)ncc2Cl)cn1. The fourth-order valence-electron chi connectivity index (χ4n) is 1.47. The van der Waals surface area contributed by atoms with Gasteiger partial charge in [0.2, 0.25) is 5.88 Å². The smallest absolute Gasteiger partial charge is 0.257 e. The first-order valence-electron chi connectivity index (χ1n) is 5.81. The monoisotopic (exact) mass is 311 g/mol. The van der Waals surface area contributed by atoms with Gasteiger partial charge < -0.3 is 10.1 Å². The molecule has 1 N–H and O–H groups in total. The lowest BCUT2D eigenvalue weighted by molar-refractivity contribution is 0.102. The Morgan fingerprint density at radius 1 is 1.30 bits per heavy atom. The molecule has 0 atom stereocenters. The summed E-state index contributed by atoms with van der Waals surface area (Å²) in [5.74, 6) is 0.112. The highest BCUT2D eigenvalue weighted by atomic mass is 35.5. The van der Waals surface area contributed by atoms with Crippen molar-refractivity contribution in [3.63, 3.8) is 0 Å². The molecule has 20 heavy (non-hydrogen) atoms. The summed E-state index contributed by atoms with van der Waals surface area (Å²) in [6.07, 6.45) is 2.83. The molecule has 0 unspecified atom stereocenters. The molecule has 2 aromatic rings. The van der Waals surface area contributed by atoms with Crippen LogP contribution in [-0.2, 0) is 0 Å². The predicted molar refractivity (Wildman–Crippen MR) is 77.6 cm³/mol. The molecular formula is C13H11Cl2N3O2. The summed E-state index contributed by atoms with van der Waals surface area (Å²) in [6, 6.07) is 4.76. The molecule has 0 saturated carbocycles. The topological polar surface area (TPSA) is 64.1 Å². The van der Waals surface area contributed by atoms with Crippen molar-refractivity contribution in [2.75, 3.05) is 11.9 Å². The van der Waals surface area contributed by atoms with Crippen molar-refractivity contribution in [1.82, 2.24) is 9.97 Å². The molecule has 1 amide bonds. The zero-order valence-electron chi connectivity index (χ0n) is 10.6. The summed E-state index contributed by atoms with van der Waals surface area (Å²) in [7, 11) is 0. The van der Waals surface area contributed by atoms with Gasteiger partial charge in [-0.3, -0.25) is 4.79 Å². The number of rotatable bonds is 4. The van der Waals surface area contributed by atoms with Gasteiger partial charge in [-0.15, -0.1) is 0 Å². The number of pyridine rings is 2. The molecule has 5 nitrogen and oxygen atoms in total. The van der Waals surface area contributed by atoms with E-state index in [-0.39, 0.29) is 21.6 Å². The lowest BCUT2D eigenvalue weighted by Gasteiger charge is -2.07. The summed E-state index contributed by atoms with van der Waals surface area (Å²) < 4.78 is 5.21. The van der Waals surface area contributed by atoms with Crippen molar-refractivity contribution in [3.8, 4) is 5.88 Å². The van der Waals surface area contributed by atoms with Crippen molar-refractivity contribution in [1.29, 1.82) is 0 Å². The number of halogens is 2. The Morgan fingerprint density at radius 3 is 2.75 bits per heavy atom. The van der Waals surface area contributed by atoms with Crippen LogP contribution in [0.4, 0.5) is 5.69 Å². The molecular weight excluding hydrogens is 301 g/mol. The molecule has 104 valence electrons. The molecule has 0 fully saturated rings. The van der Waals surface area contributed by atoms with Crippen LogP contribution in [0.25, 0.3) is 0 Å². The van der Waals surface area contributed by atoms with Crippen LogP contribution in [0, 0.1) is 0 Å². The van der Waals surface area contributed by atoms with E-state index in [0.29, 0.717) is 18.2 Å². The molecule has 2 heterocycles. The van der Waals surface area contributed by atoms with Gasteiger partial charge in [0, 0.05) is 12.3 Å². The number of hydrogen-bond acceptors (Lipinski definition) is 4. The standard InChI is InChI=1S/C13H11Cl2N3O2/c1-2-20-12-4-3-8(6-17-12)18-13(19)9-5-11(15)16-7-10(9)14/h3-7H,2H2,1H3,(H,18,19). The molecule has 0 aliphatic rings. The third-order valence-corrected chi connectivity index (χ3v) is 2.86. The minimum absolute atomic E-state index is 0.198. The largest absolute Gasteiger partial charge is 0.478 e. The molecule has 0 aliphatic heterocycles. The van der Waals surface area contributed by atoms with E-state index in [1.54, 1.807) is 12.1 Å². The van der Waals surface area contributed by atoms with Crippen molar-refractivity contribution in [2.45, 2.75) is 6.92 Å². The van der Waals surface area contributed by atoms with Gasteiger partial charge in [0.1, 0.15) is 5.15 Å². The lowest BCUT2D eigenvalue weighted by Crippen LogP contribution is -2.13. The second-order valence-corrected chi connectivity index (χ2v) is 4.55. The number of aromatic nitrogens is 2. The van der Waals surface area contributed by atoms with E-state index < -0.39 is 0 Å². The maximum Gasteiger partial charge on any atom is 0.257 e. The van der Waals surface area contributed by atoms with Gasteiger partial charge in [0.25, 0.3) is 5.91 Å². The van der Waals surface area contributed by atoms with Crippen LogP contribution in [0.2, 0.25) is 10.2 Å². The van der Waals surface area contributed by atoms with Crippen LogP contribution < -0.4 is 10.1 Å². The van der Waals surface area contributed by atoms with E-state index >= 15 is 0 Å². The van der Waals surface area contributed by atoms with Gasteiger partial charge in [-0.1, -0.05) is 23.2 Å². The number of carbonyl (C=O) groups is 1. The van der Waals surface area contributed by atoms with Crippen molar-refractivity contribution < 1.29 is 9.53 Å². The van der Waals surface area contributed by atoms with Gasteiger partial charge in [-0.25, -0.2) is 9.97 Å². The molecule has 7 heteroatoms.